The lowest BCUT2D eigenvalue weighted by atomic mass is 10.0. The summed E-state index contributed by atoms with van der Waals surface area (Å²) >= 11 is 0. The number of hydrogen-bond donors (Lipinski definition) is 1. The minimum absolute atomic E-state index is 0.0881. The van der Waals surface area contributed by atoms with Gasteiger partial charge in [-0.1, -0.05) is 35.9 Å². The summed E-state index contributed by atoms with van der Waals surface area (Å²) in [7, 11) is 1.60. The maximum atomic E-state index is 12.6. The molecule has 0 spiro atoms. The standard InChI is InChI=1S/C21H26N2O3/c1-16-5-3-6-17(13-16)20(23-9-11-26-12-10-23)15-22-21(24)18-7-4-8-19(14-18)25-2/h3-8,13-14,20H,9-12,15H2,1-2H3,(H,22,24). The molecular formula is C21H26N2O3. The fourth-order valence-electron chi connectivity index (χ4n) is 3.28. The van der Waals surface area contributed by atoms with Crippen molar-refractivity contribution in [3.8, 4) is 5.75 Å². The Morgan fingerprint density at radius 1 is 1.19 bits per heavy atom. The van der Waals surface area contributed by atoms with Gasteiger partial charge in [-0.2, -0.15) is 0 Å². The zero-order valence-corrected chi connectivity index (χ0v) is 15.4. The van der Waals surface area contributed by atoms with Gasteiger partial charge in [0.2, 0.25) is 0 Å². The van der Waals surface area contributed by atoms with Gasteiger partial charge in [0.15, 0.2) is 0 Å². The molecule has 0 radical (unpaired) electrons. The second-order valence-electron chi connectivity index (χ2n) is 6.52. The summed E-state index contributed by atoms with van der Waals surface area (Å²) in [6, 6.07) is 15.8. The molecule has 1 amide bonds. The van der Waals surface area contributed by atoms with E-state index < -0.39 is 0 Å². The molecule has 138 valence electrons. The Morgan fingerprint density at radius 3 is 2.69 bits per heavy atom. The Kier molecular flexibility index (Phi) is 6.26. The van der Waals surface area contributed by atoms with Gasteiger partial charge < -0.3 is 14.8 Å². The molecule has 1 aliphatic rings. The molecule has 0 aliphatic carbocycles. The monoisotopic (exact) mass is 354 g/mol. The van der Waals surface area contributed by atoms with Crippen LogP contribution in [-0.4, -0.2) is 50.8 Å². The van der Waals surface area contributed by atoms with E-state index >= 15 is 0 Å². The van der Waals surface area contributed by atoms with Gasteiger partial charge in [-0.3, -0.25) is 9.69 Å². The molecule has 1 saturated heterocycles. The van der Waals surface area contributed by atoms with Crippen molar-refractivity contribution in [1.29, 1.82) is 0 Å². The Hall–Kier alpha value is -2.37. The summed E-state index contributed by atoms with van der Waals surface area (Å²) in [5.74, 6) is 0.593. The number of aryl methyl sites for hydroxylation is 1. The van der Waals surface area contributed by atoms with E-state index in [1.165, 1.54) is 11.1 Å². The molecule has 2 aromatic carbocycles. The van der Waals surface area contributed by atoms with Gasteiger partial charge in [-0.15, -0.1) is 0 Å². The van der Waals surface area contributed by atoms with Crippen molar-refractivity contribution < 1.29 is 14.3 Å². The smallest absolute Gasteiger partial charge is 0.251 e. The molecular weight excluding hydrogens is 328 g/mol. The fourth-order valence-corrected chi connectivity index (χ4v) is 3.28. The molecule has 1 heterocycles. The van der Waals surface area contributed by atoms with E-state index in [9.17, 15) is 4.79 Å². The van der Waals surface area contributed by atoms with Crippen LogP contribution in [-0.2, 0) is 4.74 Å². The molecule has 3 rings (SSSR count). The lowest BCUT2D eigenvalue weighted by molar-refractivity contribution is 0.0162. The van der Waals surface area contributed by atoms with Gasteiger partial charge in [0, 0.05) is 25.2 Å². The van der Waals surface area contributed by atoms with Gasteiger partial charge >= 0.3 is 0 Å². The fraction of sp³-hybridized carbons (Fsp3) is 0.381. The van der Waals surface area contributed by atoms with E-state index in [0.29, 0.717) is 17.9 Å². The predicted molar refractivity (Wildman–Crippen MR) is 102 cm³/mol. The Morgan fingerprint density at radius 2 is 1.96 bits per heavy atom. The summed E-state index contributed by atoms with van der Waals surface area (Å²) in [6.45, 7) is 5.84. The van der Waals surface area contributed by atoms with Crippen LogP contribution >= 0.6 is 0 Å². The minimum Gasteiger partial charge on any atom is -0.497 e. The largest absolute Gasteiger partial charge is 0.497 e. The number of benzene rings is 2. The van der Waals surface area contributed by atoms with Gasteiger partial charge in [-0.25, -0.2) is 0 Å². The highest BCUT2D eigenvalue weighted by atomic mass is 16.5. The zero-order chi connectivity index (χ0) is 18.4. The number of ether oxygens (including phenoxy) is 2. The van der Waals surface area contributed by atoms with Crippen molar-refractivity contribution in [1.82, 2.24) is 10.2 Å². The Balaban J connectivity index is 1.73. The van der Waals surface area contributed by atoms with Crippen molar-refractivity contribution in [3.63, 3.8) is 0 Å². The lowest BCUT2D eigenvalue weighted by Gasteiger charge is -2.35. The van der Waals surface area contributed by atoms with E-state index in [-0.39, 0.29) is 11.9 Å². The summed E-state index contributed by atoms with van der Waals surface area (Å²) in [4.78, 5) is 15.0. The zero-order valence-electron chi connectivity index (χ0n) is 15.4. The Labute approximate surface area is 154 Å². The van der Waals surface area contributed by atoms with Crippen LogP contribution in [0.25, 0.3) is 0 Å². The lowest BCUT2D eigenvalue weighted by Crippen LogP contribution is -2.43. The third-order valence-electron chi connectivity index (χ3n) is 4.70. The van der Waals surface area contributed by atoms with Crippen molar-refractivity contribution in [2.24, 2.45) is 0 Å². The minimum atomic E-state index is -0.0881. The number of amides is 1. The summed E-state index contributed by atoms with van der Waals surface area (Å²) in [5.41, 5.74) is 3.05. The normalized spacial score (nSPS) is 16.1. The molecule has 26 heavy (non-hydrogen) atoms. The maximum Gasteiger partial charge on any atom is 0.251 e. The quantitative estimate of drug-likeness (QED) is 0.867. The molecule has 1 fully saturated rings. The van der Waals surface area contributed by atoms with Crippen molar-refractivity contribution >= 4 is 5.91 Å². The number of morpholine rings is 1. The van der Waals surface area contributed by atoms with Crippen molar-refractivity contribution in [2.45, 2.75) is 13.0 Å². The number of nitrogens with zero attached hydrogens (tertiary/aromatic N) is 1. The van der Waals surface area contributed by atoms with Crippen molar-refractivity contribution in [2.75, 3.05) is 40.0 Å². The van der Waals surface area contributed by atoms with Gasteiger partial charge in [0.05, 0.1) is 26.4 Å². The van der Waals surface area contributed by atoms with Crippen LogP contribution in [0.1, 0.15) is 27.5 Å². The van der Waals surface area contributed by atoms with Crippen LogP contribution in [0.3, 0.4) is 0 Å². The summed E-state index contributed by atoms with van der Waals surface area (Å²) in [5, 5.41) is 3.09. The van der Waals surface area contributed by atoms with Gasteiger partial charge in [0.1, 0.15) is 5.75 Å². The molecule has 1 unspecified atom stereocenters. The molecule has 1 atom stereocenters. The highest BCUT2D eigenvalue weighted by Gasteiger charge is 2.23. The maximum absolute atomic E-state index is 12.6. The van der Waals surface area contributed by atoms with E-state index in [1.807, 2.05) is 12.1 Å². The summed E-state index contributed by atoms with van der Waals surface area (Å²) in [6.07, 6.45) is 0. The topological polar surface area (TPSA) is 50.8 Å². The molecule has 2 aromatic rings. The third kappa shape index (κ3) is 4.62. The highest BCUT2D eigenvalue weighted by Crippen LogP contribution is 2.22. The molecule has 1 N–H and O–H groups in total. The molecule has 0 aromatic heterocycles. The number of nitrogens with one attached hydrogen (secondary N) is 1. The van der Waals surface area contributed by atoms with E-state index in [1.54, 1.807) is 19.2 Å². The number of carbonyl (C=O) groups is 1. The van der Waals surface area contributed by atoms with Gasteiger partial charge in [-0.05, 0) is 30.7 Å². The van der Waals surface area contributed by atoms with E-state index in [4.69, 9.17) is 9.47 Å². The Bertz CT molecular complexity index is 742. The van der Waals surface area contributed by atoms with Crippen LogP contribution in [0.4, 0.5) is 0 Å². The number of hydrogen-bond acceptors (Lipinski definition) is 4. The van der Waals surface area contributed by atoms with E-state index in [2.05, 4.69) is 41.4 Å². The number of methoxy groups -OCH3 is 1. The SMILES string of the molecule is COc1cccc(C(=O)NCC(c2cccc(C)c2)N2CCOCC2)c1. The second kappa shape index (κ2) is 8.83. The van der Waals surface area contributed by atoms with Crippen molar-refractivity contribution in [3.05, 3.63) is 65.2 Å². The number of rotatable bonds is 6. The van der Waals surface area contributed by atoms with Crippen LogP contribution < -0.4 is 10.1 Å². The first kappa shape index (κ1) is 18.4. The molecule has 5 nitrogen and oxygen atoms in total. The third-order valence-corrected chi connectivity index (χ3v) is 4.70. The van der Waals surface area contributed by atoms with Crippen LogP contribution in [0, 0.1) is 6.92 Å². The first-order valence-corrected chi connectivity index (χ1v) is 8.98. The summed E-state index contributed by atoms with van der Waals surface area (Å²) < 4.78 is 10.7. The van der Waals surface area contributed by atoms with Crippen LogP contribution in [0.2, 0.25) is 0 Å². The average molecular weight is 354 g/mol. The van der Waals surface area contributed by atoms with E-state index in [0.717, 1.165) is 26.3 Å². The molecule has 0 bridgehead atoms. The second-order valence-corrected chi connectivity index (χ2v) is 6.52. The average Bonchev–Trinajstić information content (AvgIpc) is 2.69. The molecule has 0 saturated carbocycles. The highest BCUT2D eigenvalue weighted by molar-refractivity contribution is 5.94. The number of carbonyl (C=O) groups excluding carboxylic acids is 1. The molecule has 1 aliphatic heterocycles. The first-order valence-electron chi connectivity index (χ1n) is 8.98. The predicted octanol–water partition coefficient (Wildman–Crippen LogP) is 2.81. The van der Waals surface area contributed by atoms with Crippen LogP contribution in [0.15, 0.2) is 48.5 Å². The molecule has 5 heteroatoms. The first-order chi connectivity index (χ1) is 12.7. The van der Waals surface area contributed by atoms with Crippen LogP contribution in [0.5, 0.6) is 5.75 Å². The van der Waals surface area contributed by atoms with Gasteiger partial charge in [0.25, 0.3) is 5.91 Å².